The Morgan fingerprint density at radius 1 is 1.05 bits per heavy atom. The van der Waals surface area contributed by atoms with Gasteiger partial charge in [0.2, 0.25) is 0 Å². The third-order valence-electron chi connectivity index (χ3n) is 7.24. The Morgan fingerprint density at radius 2 is 1.80 bits per heavy atom. The van der Waals surface area contributed by atoms with Crippen molar-refractivity contribution < 1.29 is 9.18 Å². The second kappa shape index (κ2) is 11.7. The number of amides is 1. The molecule has 0 bridgehead atoms. The molecule has 0 fully saturated rings. The van der Waals surface area contributed by atoms with Crippen molar-refractivity contribution >= 4 is 22.8 Å². The van der Waals surface area contributed by atoms with Crippen LogP contribution in [0.25, 0.3) is 11.2 Å². The number of halogens is 1. The maximum atomic E-state index is 14.8. The summed E-state index contributed by atoms with van der Waals surface area (Å²) in [5.41, 5.74) is 2.65. The first-order valence-corrected chi connectivity index (χ1v) is 13.5. The molecular weight excluding hydrogens is 523 g/mol. The third kappa shape index (κ3) is 5.72. The summed E-state index contributed by atoms with van der Waals surface area (Å²) >= 11 is 0. The number of unbranched alkanes of at least 4 members (excludes halogenated alkanes) is 1. The number of rotatable bonds is 9. The molecule has 1 amide bonds. The summed E-state index contributed by atoms with van der Waals surface area (Å²) in [6.07, 6.45) is 3.42. The lowest BCUT2D eigenvalue weighted by molar-refractivity contribution is 0.0992. The Balaban J connectivity index is 1.54. The van der Waals surface area contributed by atoms with E-state index in [1.807, 2.05) is 38.1 Å². The van der Waals surface area contributed by atoms with Gasteiger partial charge in [-0.05, 0) is 61.2 Å². The third-order valence-corrected chi connectivity index (χ3v) is 7.24. The standard InChI is InChI=1S/C31H31FN6O3/c1-4-5-16-38-28-26(29(39)36-31(38)41)34-27(35-28)24(17-21-8-6-7-9-25(21)32)20-12-14-23(15-13-20)37(3)30(40)22-11-10-19(2)33-18-22/h6-15,18,24H,4-5,16-17H2,1-3H3,(H,34,35)(H,36,39,41). The molecule has 0 spiro atoms. The molecule has 41 heavy (non-hydrogen) atoms. The fraction of sp³-hybridized carbons (Fsp3) is 0.258. The zero-order chi connectivity index (χ0) is 29.1. The van der Waals surface area contributed by atoms with E-state index in [1.165, 1.54) is 15.5 Å². The van der Waals surface area contributed by atoms with Gasteiger partial charge in [-0.15, -0.1) is 0 Å². The average Bonchev–Trinajstić information content (AvgIpc) is 3.42. The Labute approximate surface area is 235 Å². The van der Waals surface area contributed by atoms with Crippen molar-refractivity contribution in [3.8, 4) is 0 Å². The minimum atomic E-state index is -0.553. The molecule has 1 unspecified atom stereocenters. The highest BCUT2D eigenvalue weighted by atomic mass is 19.1. The lowest BCUT2D eigenvalue weighted by Crippen LogP contribution is -2.30. The molecule has 10 heteroatoms. The number of aromatic nitrogens is 5. The number of aromatic amines is 2. The zero-order valence-corrected chi connectivity index (χ0v) is 23.1. The van der Waals surface area contributed by atoms with Crippen molar-refractivity contribution in [1.29, 1.82) is 0 Å². The Hall–Kier alpha value is -4.86. The number of anilines is 1. The zero-order valence-electron chi connectivity index (χ0n) is 23.1. The second-order valence-electron chi connectivity index (χ2n) is 10.1. The summed E-state index contributed by atoms with van der Waals surface area (Å²) in [6.45, 7) is 4.29. The molecule has 0 aliphatic heterocycles. The van der Waals surface area contributed by atoms with E-state index in [0.717, 1.165) is 24.1 Å². The van der Waals surface area contributed by atoms with E-state index >= 15 is 0 Å². The molecule has 9 nitrogen and oxygen atoms in total. The van der Waals surface area contributed by atoms with Crippen LogP contribution in [0, 0.1) is 12.7 Å². The predicted molar refractivity (Wildman–Crippen MR) is 156 cm³/mol. The van der Waals surface area contributed by atoms with Crippen LogP contribution in [0.1, 0.15) is 58.7 Å². The summed E-state index contributed by atoms with van der Waals surface area (Å²) in [5.74, 6) is -0.577. The number of hydrogen-bond acceptors (Lipinski definition) is 5. The highest BCUT2D eigenvalue weighted by Gasteiger charge is 2.23. The normalized spacial score (nSPS) is 12.0. The number of aryl methyl sites for hydroxylation is 2. The first-order chi connectivity index (χ1) is 19.8. The number of H-pyrrole nitrogens is 2. The fourth-order valence-corrected chi connectivity index (χ4v) is 4.84. The Kier molecular flexibility index (Phi) is 7.91. The van der Waals surface area contributed by atoms with E-state index in [-0.39, 0.29) is 29.3 Å². The number of imidazole rings is 1. The van der Waals surface area contributed by atoms with Gasteiger partial charge in [-0.1, -0.05) is 43.7 Å². The summed E-state index contributed by atoms with van der Waals surface area (Å²) < 4.78 is 16.2. The smallest absolute Gasteiger partial charge is 0.330 e. The molecule has 0 radical (unpaired) electrons. The number of nitrogens with zero attached hydrogens (tertiary/aromatic N) is 4. The van der Waals surface area contributed by atoms with Crippen LogP contribution in [-0.2, 0) is 13.0 Å². The highest BCUT2D eigenvalue weighted by Crippen LogP contribution is 2.30. The molecule has 0 aliphatic rings. The number of carbonyl (C=O) groups is 1. The number of carbonyl (C=O) groups excluding carboxylic acids is 1. The van der Waals surface area contributed by atoms with Crippen molar-refractivity contribution in [2.24, 2.45) is 0 Å². The first-order valence-electron chi connectivity index (χ1n) is 13.5. The number of benzene rings is 2. The van der Waals surface area contributed by atoms with Gasteiger partial charge in [0.05, 0.1) is 5.56 Å². The molecule has 1 atom stereocenters. The lowest BCUT2D eigenvalue weighted by Gasteiger charge is -2.20. The molecule has 2 N–H and O–H groups in total. The van der Waals surface area contributed by atoms with E-state index in [4.69, 9.17) is 4.98 Å². The molecule has 3 heterocycles. The maximum Gasteiger partial charge on any atom is 0.330 e. The largest absolute Gasteiger partial charge is 0.336 e. The van der Waals surface area contributed by atoms with Crippen LogP contribution in [0.2, 0.25) is 0 Å². The molecular formula is C31H31FN6O3. The van der Waals surface area contributed by atoms with Crippen molar-refractivity contribution in [3.63, 3.8) is 0 Å². The fourth-order valence-electron chi connectivity index (χ4n) is 4.84. The van der Waals surface area contributed by atoms with Gasteiger partial charge in [-0.2, -0.15) is 0 Å². The number of pyridine rings is 1. The summed E-state index contributed by atoms with van der Waals surface area (Å²) in [7, 11) is 1.69. The maximum absolute atomic E-state index is 14.8. The Morgan fingerprint density at radius 3 is 2.49 bits per heavy atom. The van der Waals surface area contributed by atoms with Gasteiger partial charge >= 0.3 is 5.69 Å². The van der Waals surface area contributed by atoms with Crippen LogP contribution in [0.4, 0.5) is 10.1 Å². The molecule has 5 rings (SSSR count). The SMILES string of the molecule is CCCCn1c(=O)[nH]c(=O)c2[nH]c(C(Cc3ccccc3F)c3ccc(N(C)C(=O)c4ccc(C)nc4)cc3)nc21. The van der Waals surface area contributed by atoms with Crippen LogP contribution >= 0.6 is 0 Å². The van der Waals surface area contributed by atoms with Crippen LogP contribution in [-0.4, -0.2) is 37.5 Å². The van der Waals surface area contributed by atoms with Crippen LogP contribution in [0.3, 0.4) is 0 Å². The molecule has 2 aromatic carbocycles. The summed E-state index contributed by atoms with van der Waals surface area (Å²) in [4.78, 5) is 54.2. The highest BCUT2D eigenvalue weighted by molar-refractivity contribution is 6.05. The minimum Gasteiger partial charge on any atom is -0.336 e. The van der Waals surface area contributed by atoms with Gasteiger partial charge in [-0.3, -0.25) is 24.1 Å². The van der Waals surface area contributed by atoms with Crippen LogP contribution in [0.5, 0.6) is 0 Å². The minimum absolute atomic E-state index is 0.197. The van der Waals surface area contributed by atoms with Crippen LogP contribution in [0.15, 0.2) is 76.4 Å². The second-order valence-corrected chi connectivity index (χ2v) is 10.1. The average molecular weight is 555 g/mol. The monoisotopic (exact) mass is 554 g/mol. The lowest BCUT2D eigenvalue weighted by atomic mass is 9.91. The van der Waals surface area contributed by atoms with Gasteiger partial charge in [0.25, 0.3) is 11.5 Å². The van der Waals surface area contributed by atoms with Crippen molar-refractivity contribution in [2.45, 2.75) is 45.6 Å². The van der Waals surface area contributed by atoms with Gasteiger partial charge in [-0.25, -0.2) is 14.2 Å². The first kappa shape index (κ1) is 27.7. The predicted octanol–water partition coefficient (Wildman–Crippen LogP) is 4.71. The topological polar surface area (TPSA) is 117 Å². The van der Waals surface area contributed by atoms with E-state index < -0.39 is 17.2 Å². The van der Waals surface area contributed by atoms with Gasteiger partial charge in [0.1, 0.15) is 17.2 Å². The van der Waals surface area contributed by atoms with Gasteiger partial charge < -0.3 is 9.88 Å². The van der Waals surface area contributed by atoms with Gasteiger partial charge in [0.15, 0.2) is 5.65 Å². The van der Waals surface area contributed by atoms with E-state index in [2.05, 4.69) is 15.0 Å². The molecule has 0 saturated carbocycles. The number of fused-ring (bicyclic) bond motifs is 1. The van der Waals surface area contributed by atoms with E-state index in [0.29, 0.717) is 29.2 Å². The molecule has 0 aliphatic carbocycles. The van der Waals surface area contributed by atoms with Crippen LogP contribution < -0.4 is 16.1 Å². The van der Waals surface area contributed by atoms with E-state index in [9.17, 15) is 18.8 Å². The van der Waals surface area contributed by atoms with Crippen molar-refractivity contribution in [2.75, 3.05) is 11.9 Å². The molecule has 3 aromatic heterocycles. The number of nitrogens with one attached hydrogen (secondary N) is 2. The van der Waals surface area contributed by atoms with E-state index in [1.54, 1.807) is 43.6 Å². The molecule has 0 saturated heterocycles. The quantitative estimate of drug-likeness (QED) is 0.274. The number of hydrogen-bond donors (Lipinski definition) is 2. The van der Waals surface area contributed by atoms with Gasteiger partial charge in [0, 0.05) is 37.1 Å². The summed E-state index contributed by atoms with van der Waals surface area (Å²) in [5, 5.41) is 0. The molecule has 5 aromatic rings. The Bertz CT molecular complexity index is 1810. The summed E-state index contributed by atoms with van der Waals surface area (Å²) in [6, 6.07) is 17.4. The molecule has 210 valence electrons. The van der Waals surface area contributed by atoms with Crippen molar-refractivity contribution in [1.82, 2.24) is 24.5 Å². The van der Waals surface area contributed by atoms with Crippen molar-refractivity contribution in [3.05, 3.63) is 122 Å².